The van der Waals surface area contributed by atoms with E-state index in [1.54, 1.807) is 4.90 Å². The van der Waals surface area contributed by atoms with Crippen molar-refractivity contribution in [2.45, 2.75) is 19.8 Å². The van der Waals surface area contributed by atoms with Gasteiger partial charge in [0, 0.05) is 7.05 Å². The van der Waals surface area contributed by atoms with Crippen molar-refractivity contribution in [2.24, 2.45) is 5.90 Å². The van der Waals surface area contributed by atoms with E-state index in [0.717, 1.165) is 23.2 Å². The summed E-state index contributed by atoms with van der Waals surface area (Å²) in [5.74, 6) is 5.19. The number of amides is 1. The highest BCUT2D eigenvalue weighted by Gasteiger charge is 2.26. The molecular weight excluding hydrogens is 204 g/mol. The predicted molar refractivity (Wildman–Crippen MR) is 62.1 cm³/mol. The molecule has 16 heavy (non-hydrogen) atoms. The van der Waals surface area contributed by atoms with E-state index in [4.69, 9.17) is 5.90 Å². The van der Waals surface area contributed by atoms with Gasteiger partial charge in [-0.1, -0.05) is 17.7 Å². The van der Waals surface area contributed by atoms with Crippen molar-refractivity contribution >= 4 is 11.6 Å². The molecule has 0 spiro atoms. The summed E-state index contributed by atoms with van der Waals surface area (Å²) in [5.41, 5.74) is 4.45. The van der Waals surface area contributed by atoms with Gasteiger partial charge in [0.25, 0.3) is 0 Å². The lowest BCUT2D eigenvalue weighted by Gasteiger charge is -2.16. The Balaban J connectivity index is 2.42. The standard InChI is InChI=1S/C12H16N2O2/c1-8-5-9(3-4-16-13)12-10(6-8)7-11(15)14(12)2/h5-6H,3-4,7,13H2,1-2H3. The van der Waals surface area contributed by atoms with Crippen LogP contribution in [0.15, 0.2) is 12.1 Å². The van der Waals surface area contributed by atoms with E-state index < -0.39 is 0 Å². The molecule has 0 saturated carbocycles. The third-order valence-corrected chi connectivity index (χ3v) is 2.95. The first-order chi connectivity index (χ1) is 7.63. The number of benzene rings is 1. The molecule has 4 nitrogen and oxygen atoms in total. The number of carbonyl (C=O) groups excluding carboxylic acids is 1. The van der Waals surface area contributed by atoms with Gasteiger partial charge in [0.05, 0.1) is 18.7 Å². The van der Waals surface area contributed by atoms with Gasteiger partial charge in [-0.15, -0.1) is 0 Å². The van der Waals surface area contributed by atoms with Crippen molar-refractivity contribution in [3.05, 3.63) is 28.8 Å². The molecule has 1 heterocycles. The lowest BCUT2D eigenvalue weighted by Crippen LogP contribution is -2.22. The van der Waals surface area contributed by atoms with Gasteiger partial charge in [0.2, 0.25) is 5.91 Å². The van der Waals surface area contributed by atoms with E-state index in [-0.39, 0.29) is 5.91 Å². The van der Waals surface area contributed by atoms with Crippen LogP contribution in [0.1, 0.15) is 16.7 Å². The monoisotopic (exact) mass is 220 g/mol. The van der Waals surface area contributed by atoms with Gasteiger partial charge in [-0.05, 0) is 24.5 Å². The van der Waals surface area contributed by atoms with E-state index in [1.165, 1.54) is 5.56 Å². The number of likely N-dealkylation sites (N-methyl/N-ethyl adjacent to an activating group) is 1. The van der Waals surface area contributed by atoms with Crippen molar-refractivity contribution in [3.63, 3.8) is 0 Å². The van der Waals surface area contributed by atoms with Crippen LogP contribution in [0.25, 0.3) is 0 Å². The molecule has 86 valence electrons. The molecule has 1 aromatic carbocycles. The van der Waals surface area contributed by atoms with Crippen LogP contribution in [-0.2, 0) is 22.5 Å². The maximum absolute atomic E-state index is 11.6. The third kappa shape index (κ3) is 1.81. The van der Waals surface area contributed by atoms with Gasteiger partial charge in [-0.2, -0.15) is 0 Å². The van der Waals surface area contributed by atoms with E-state index in [1.807, 2.05) is 14.0 Å². The predicted octanol–water partition coefficient (Wildman–Crippen LogP) is 0.947. The average molecular weight is 220 g/mol. The number of aryl methyl sites for hydroxylation is 1. The Hall–Kier alpha value is -1.39. The number of hydrogen-bond acceptors (Lipinski definition) is 3. The van der Waals surface area contributed by atoms with Crippen LogP contribution in [0, 0.1) is 6.92 Å². The Morgan fingerprint density at radius 1 is 1.50 bits per heavy atom. The molecule has 1 aliphatic rings. The number of anilines is 1. The third-order valence-electron chi connectivity index (χ3n) is 2.95. The minimum Gasteiger partial charge on any atom is -0.315 e. The quantitative estimate of drug-likeness (QED) is 0.771. The Bertz CT molecular complexity index is 429. The maximum atomic E-state index is 11.6. The van der Waals surface area contributed by atoms with Crippen LogP contribution in [0.4, 0.5) is 5.69 Å². The summed E-state index contributed by atoms with van der Waals surface area (Å²) in [6.07, 6.45) is 1.24. The number of nitrogens with two attached hydrogens (primary N) is 1. The van der Waals surface area contributed by atoms with Crippen LogP contribution >= 0.6 is 0 Å². The smallest absolute Gasteiger partial charge is 0.231 e. The van der Waals surface area contributed by atoms with Crippen LogP contribution in [0.2, 0.25) is 0 Å². The second kappa shape index (κ2) is 4.23. The normalized spacial score (nSPS) is 14.4. The van der Waals surface area contributed by atoms with Gasteiger partial charge in [0.15, 0.2) is 0 Å². The van der Waals surface area contributed by atoms with E-state index in [9.17, 15) is 4.79 Å². The van der Waals surface area contributed by atoms with Gasteiger partial charge in [-0.25, -0.2) is 5.90 Å². The maximum Gasteiger partial charge on any atom is 0.231 e. The number of rotatable bonds is 3. The van der Waals surface area contributed by atoms with Gasteiger partial charge in [0.1, 0.15) is 0 Å². The molecule has 0 bridgehead atoms. The summed E-state index contributed by atoms with van der Waals surface area (Å²) in [5, 5.41) is 0. The molecule has 2 N–H and O–H groups in total. The molecule has 1 amide bonds. The molecule has 0 aliphatic carbocycles. The second-order valence-electron chi connectivity index (χ2n) is 4.18. The first kappa shape index (κ1) is 11.1. The van der Waals surface area contributed by atoms with E-state index in [2.05, 4.69) is 17.0 Å². The Morgan fingerprint density at radius 2 is 2.25 bits per heavy atom. The zero-order valence-corrected chi connectivity index (χ0v) is 9.62. The lowest BCUT2D eigenvalue weighted by molar-refractivity contribution is -0.117. The fourth-order valence-corrected chi connectivity index (χ4v) is 2.27. The highest BCUT2D eigenvalue weighted by molar-refractivity contribution is 6.01. The summed E-state index contributed by atoms with van der Waals surface area (Å²) in [6.45, 7) is 2.51. The van der Waals surface area contributed by atoms with Gasteiger partial charge >= 0.3 is 0 Å². The van der Waals surface area contributed by atoms with Crippen molar-refractivity contribution in [1.29, 1.82) is 0 Å². The average Bonchev–Trinajstić information content (AvgIpc) is 2.51. The zero-order chi connectivity index (χ0) is 11.7. The van der Waals surface area contributed by atoms with E-state index in [0.29, 0.717) is 13.0 Å². The fourth-order valence-electron chi connectivity index (χ4n) is 2.27. The summed E-state index contributed by atoms with van der Waals surface area (Å²) < 4.78 is 0. The number of nitrogens with zero attached hydrogens (tertiary/aromatic N) is 1. The molecule has 0 saturated heterocycles. The molecule has 0 fully saturated rings. The van der Waals surface area contributed by atoms with Crippen LogP contribution in [0.5, 0.6) is 0 Å². The summed E-state index contributed by atoms with van der Waals surface area (Å²) in [4.78, 5) is 18.0. The highest BCUT2D eigenvalue weighted by Crippen LogP contribution is 2.32. The topological polar surface area (TPSA) is 55.6 Å². The highest BCUT2D eigenvalue weighted by atomic mass is 16.6. The summed E-state index contributed by atoms with van der Waals surface area (Å²) in [6, 6.07) is 4.16. The lowest BCUT2D eigenvalue weighted by atomic mass is 10.0. The summed E-state index contributed by atoms with van der Waals surface area (Å²) >= 11 is 0. The van der Waals surface area contributed by atoms with Crippen LogP contribution in [0.3, 0.4) is 0 Å². The molecule has 0 unspecified atom stereocenters. The van der Waals surface area contributed by atoms with Gasteiger partial charge in [-0.3, -0.25) is 4.79 Å². The molecule has 0 atom stereocenters. The minimum atomic E-state index is 0.149. The number of carbonyl (C=O) groups is 1. The number of hydrogen-bond donors (Lipinski definition) is 1. The Morgan fingerprint density at radius 3 is 2.94 bits per heavy atom. The molecule has 1 aliphatic heterocycles. The first-order valence-corrected chi connectivity index (χ1v) is 5.34. The van der Waals surface area contributed by atoms with Crippen LogP contribution in [-0.4, -0.2) is 19.6 Å². The van der Waals surface area contributed by atoms with Crippen molar-refractivity contribution in [2.75, 3.05) is 18.6 Å². The summed E-state index contributed by atoms with van der Waals surface area (Å²) in [7, 11) is 1.82. The van der Waals surface area contributed by atoms with Crippen molar-refractivity contribution in [1.82, 2.24) is 0 Å². The molecule has 1 aromatic rings. The first-order valence-electron chi connectivity index (χ1n) is 5.34. The Labute approximate surface area is 94.9 Å². The molecule has 4 heteroatoms. The van der Waals surface area contributed by atoms with E-state index >= 15 is 0 Å². The number of fused-ring (bicyclic) bond motifs is 1. The van der Waals surface area contributed by atoms with Gasteiger partial charge < -0.3 is 9.74 Å². The van der Waals surface area contributed by atoms with Crippen LogP contribution < -0.4 is 10.8 Å². The molecule has 0 radical (unpaired) electrons. The molecule has 2 rings (SSSR count). The minimum absolute atomic E-state index is 0.149. The van der Waals surface area contributed by atoms with Crippen molar-refractivity contribution in [3.8, 4) is 0 Å². The molecule has 0 aromatic heterocycles. The molecular formula is C12H16N2O2. The second-order valence-corrected chi connectivity index (χ2v) is 4.18. The zero-order valence-electron chi connectivity index (χ0n) is 9.62. The van der Waals surface area contributed by atoms with Crippen molar-refractivity contribution < 1.29 is 9.63 Å². The SMILES string of the molecule is Cc1cc(CCON)c2c(c1)CC(=O)N2C. The Kier molecular flexibility index (Phi) is 2.94. The fraction of sp³-hybridized carbons (Fsp3) is 0.417. The largest absolute Gasteiger partial charge is 0.315 e.